The number of aliphatic hydroxyl groups is 3. The van der Waals surface area contributed by atoms with Crippen molar-refractivity contribution in [3.8, 4) is 11.8 Å². The molecule has 25 heavy (non-hydrogen) atoms. The average Bonchev–Trinajstić information content (AvgIpc) is 2.87. The number of nitrogen functional groups attached to an aromatic ring is 1. The number of hydrogen-bond donors (Lipinski definition) is 4. The Kier molecular flexibility index (Phi) is 6.35. The van der Waals surface area contributed by atoms with Crippen molar-refractivity contribution in [2.24, 2.45) is 5.11 Å². The molecule has 0 bridgehead atoms. The lowest BCUT2D eigenvalue weighted by Crippen LogP contribution is -2.36. The van der Waals surface area contributed by atoms with Gasteiger partial charge in [-0.25, -0.2) is 4.79 Å². The van der Waals surface area contributed by atoms with E-state index in [-0.39, 0.29) is 11.4 Å². The predicted molar refractivity (Wildman–Crippen MR) is 86.0 cm³/mol. The van der Waals surface area contributed by atoms with Crippen molar-refractivity contribution in [1.82, 2.24) is 9.55 Å². The molecular formula is C14H18N6O5. The maximum absolute atomic E-state index is 12.0. The number of aromatic nitrogens is 2. The van der Waals surface area contributed by atoms with Crippen LogP contribution in [0.25, 0.3) is 10.4 Å². The van der Waals surface area contributed by atoms with Gasteiger partial charge in [0.15, 0.2) is 6.23 Å². The summed E-state index contributed by atoms with van der Waals surface area (Å²) in [5.74, 6) is 5.49. The highest BCUT2D eigenvalue weighted by Gasteiger charge is 2.43. The standard InChI is InChI=1S/C14H18N6O5/c15-12-8(4-2-1-3-5-17-19-16)6-20(14(24)18-12)13-11(23)10(22)9(7-21)25-13/h6,9-11,13,21-23H,1,3,5,7H2,(H2,15,18,24)/t9-,10-,11-,13-/m1/s1. The lowest BCUT2D eigenvalue weighted by atomic mass is 10.1. The van der Waals surface area contributed by atoms with Gasteiger partial charge in [0.25, 0.3) is 0 Å². The number of anilines is 1. The van der Waals surface area contributed by atoms with Crippen molar-refractivity contribution in [3.63, 3.8) is 0 Å². The smallest absolute Gasteiger partial charge is 0.351 e. The van der Waals surface area contributed by atoms with Crippen LogP contribution < -0.4 is 11.4 Å². The minimum absolute atomic E-state index is 0.0736. The van der Waals surface area contributed by atoms with Crippen LogP contribution in [-0.2, 0) is 4.74 Å². The fourth-order valence-corrected chi connectivity index (χ4v) is 2.31. The van der Waals surface area contributed by atoms with Crippen LogP contribution in [0.2, 0.25) is 0 Å². The molecule has 1 aromatic heterocycles. The van der Waals surface area contributed by atoms with Crippen molar-refractivity contribution in [1.29, 1.82) is 0 Å². The first kappa shape index (κ1) is 18.7. The van der Waals surface area contributed by atoms with Gasteiger partial charge < -0.3 is 25.8 Å². The summed E-state index contributed by atoms with van der Waals surface area (Å²) in [7, 11) is 0. The lowest BCUT2D eigenvalue weighted by Gasteiger charge is -2.17. The van der Waals surface area contributed by atoms with E-state index in [1.807, 2.05) is 0 Å². The molecular weight excluding hydrogens is 332 g/mol. The molecule has 0 spiro atoms. The maximum atomic E-state index is 12.0. The van der Waals surface area contributed by atoms with Gasteiger partial charge in [-0.05, 0) is 12.0 Å². The molecule has 1 aromatic rings. The summed E-state index contributed by atoms with van der Waals surface area (Å²) in [5.41, 5.74) is 13.3. The Labute approximate surface area is 142 Å². The Bertz CT molecular complexity index is 778. The van der Waals surface area contributed by atoms with E-state index in [0.717, 1.165) is 4.57 Å². The van der Waals surface area contributed by atoms with Crippen LogP contribution in [0.3, 0.4) is 0 Å². The minimum Gasteiger partial charge on any atom is -0.394 e. The first-order valence-corrected chi connectivity index (χ1v) is 7.50. The van der Waals surface area contributed by atoms with Gasteiger partial charge >= 0.3 is 5.69 Å². The molecule has 134 valence electrons. The molecule has 0 radical (unpaired) electrons. The molecule has 2 rings (SSSR count). The van der Waals surface area contributed by atoms with Gasteiger partial charge in [-0.3, -0.25) is 4.57 Å². The molecule has 1 aliphatic rings. The fraction of sp³-hybridized carbons (Fsp3) is 0.571. The summed E-state index contributed by atoms with van der Waals surface area (Å²) in [6.45, 7) is -0.190. The molecule has 1 aliphatic heterocycles. The van der Waals surface area contributed by atoms with E-state index in [0.29, 0.717) is 19.4 Å². The van der Waals surface area contributed by atoms with Gasteiger partial charge in [0, 0.05) is 24.1 Å². The molecule has 0 unspecified atom stereocenters. The number of rotatable bonds is 5. The average molecular weight is 350 g/mol. The highest BCUT2D eigenvalue weighted by molar-refractivity contribution is 5.48. The summed E-state index contributed by atoms with van der Waals surface area (Å²) in [6.07, 6.45) is -2.67. The second kappa shape index (κ2) is 8.48. The fourth-order valence-electron chi connectivity index (χ4n) is 2.31. The van der Waals surface area contributed by atoms with E-state index in [1.54, 1.807) is 0 Å². The number of ether oxygens (including phenoxy) is 1. The van der Waals surface area contributed by atoms with Gasteiger partial charge in [-0.2, -0.15) is 4.98 Å². The Morgan fingerprint density at radius 2 is 2.24 bits per heavy atom. The SMILES string of the molecule is [N-]=[N+]=NCCCC#Cc1cn([C@@H]2O[C@H](CO)[C@@H](O)[C@H]2O)c(=O)nc1N. The van der Waals surface area contributed by atoms with Crippen LogP contribution in [0.1, 0.15) is 24.6 Å². The molecule has 2 heterocycles. The Hall–Kier alpha value is -2.61. The van der Waals surface area contributed by atoms with Crippen LogP contribution in [0.15, 0.2) is 16.1 Å². The maximum Gasteiger partial charge on any atom is 0.351 e. The number of unbranched alkanes of at least 4 members (excludes halogenated alkanes) is 1. The summed E-state index contributed by atoms with van der Waals surface area (Å²) in [5, 5.41) is 32.3. The molecule has 0 aromatic carbocycles. The van der Waals surface area contributed by atoms with Crippen LogP contribution in [0.4, 0.5) is 5.82 Å². The number of azide groups is 1. The van der Waals surface area contributed by atoms with Crippen LogP contribution in [0.5, 0.6) is 0 Å². The van der Waals surface area contributed by atoms with Gasteiger partial charge in [0.2, 0.25) is 0 Å². The topological polar surface area (TPSA) is 180 Å². The molecule has 1 fully saturated rings. The molecule has 11 nitrogen and oxygen atoms in total. The highest BCUT2D eigenvalue weighted by Crippen LogP contribution is 2.28. The molecule has 0 aliphatic carbocycles. The van der Waals surface area contributed by atoms with Gasteiger partial charge in [0.05, 0.1) is 12.2 Å². The van der Waals surface area contributed by atoms with E-state index >= 15 is 0 Å². The van der Waals surface area contributed by atoms with E-state index in [4.69, 9.17) is 21.1 Å². The van der Waals surface area contributed by atoms with Gasteiger partial charge in [-0.15, -0.1) is 0 Å². The van der Waals surface area contributed by atoms with Crippen molar-refractivity contribution in [2.75, 3.05) is 18.9 Å². The van der Waals surface area contributed by atoms with Crippen LogP contribution in [-0.4, -0.2) is 56.3 Å². The summed E-state index contributed by atoms with van der Waals surface area (Å²) in [6, 6.07) is 0. The number of aliphatic hydroxyl groups excluding tert-OH is 3. The molecule has 11 heteroatoms. The molecule has 5 N–H and O–H groups in total. The zero-order valence-corrected chi connectivity index (χ0v) is 13.2. The zero-order valence-electron chi connectivity index (χ0n) is 13.2. The van der Waals surface area contributed by atoms with Crippen LogP contribution in [0, 0.1) is 11.8 Å². The largest absolute Gasteiger partial charge is 0.394 e. The van der Waals surface area contributed by atoms with Crippen molar-refractivity contribution in [3.05, 3.63) is 32.7 Å². The van der Waals surface area contributed by atoms with E-state index in [1.165, 1.54) is 6.20 Å². The minimum atomic E-state index is -1.41. The Morgan fingerprint density at radius 3 is 2.88 bits per heavy atom. The summed E-state index contributed by atoms with van der Waals surface area (Å²) < 4.78 is 6.28. The number of nitrogens with zero attached hydrogens (tertiary/aromatic N) is 5. The molecule has 1 saturated heterocycles. The van der Waals surface area contributed by atoms with E-state index in [9.17, 15) is 15.0 Å². The quantitative estimate of drug-likeness (QED) is 0.170. The zero-order chi connectivity index (χ0) is 18.4. The van der Waals surface area contributed by atoms with Crippen molar-refractivity contribution in [2.45, 2.75) is 37.4 Å². The summed E-state index contributed by atoms with van der Waals surface area (Å²) in [4.78, 5) is 18.3. The molecule has 4 atom stereocenters. The van der Waals surface area contributed by atoms with Gasteiger partial charge in [0.1, 0.15) is 24.1 Å². The third kappa shape index (κ3) is 4.27. The van der Waals surface area contributed by atoms with E-state index in [2.05, 4.69) is 26.9 Å². The normalized spacial score (nSPS) is 25.1. The second-order valence-electron chi connectivity index (χ2n) is 5.32. The summed E-state index contributed by atoms with van der Waals surface area (Å²) >= 11 is 0. The Morgan fingerprint density at radius 1 is 1.48 bits per heavy atom. The lowest BCUT2D eigenvalue weighted by molar-refractivity contribution is -0.0549. The third-order valence-electron chi connectivity index (χ3n) is 3.62. The first-order chi connectivity index (χ1) is 12.0. The number of hydrogen-bond acceptors (Lipinski definition) is 8. The van der Waals surface area contributed by atoms with Crippen molar-refractivity contribution < 1.29 is 20.1 Å². The van der Waals surface area contributed by atoms with Crippen LogP contribution >= 0.6 is 0 Å². The molecule has 0 saturated carbocycles. The van der Waals surface area contributed by atoms with E-state index < -0.39 is 36.8 Å². The second-order valence-corrected chi connectivity index (χ2v) is 5.32. The van der Waals surface area contributed by atoms with Crippen molar-refractivity contribution >= 4 is 5.82 Å². The number of nitrogens with two attached hydrogens (primary N) is 1. The predicted octanol–water partition coefficient (Wildman–Crippen LogP) is -1.12. The monoisotopic (exact) mass is 350 g/mol. The van der Waals surface area contributed by atoms with Gasteiger partial charge in [-0.1, -0.05) is 17.0 Å². The Balaban J connectivity index is 2.22. The molecule has 0 amide bonds. The third-order valence-corrected chi connectivity index (χ3v) is 3.62. The first-order valence-electron chi connectivity index (χ1n) is 7.50. The highest BCUT2D eigenvalue weighted by atomic mass is 16.6.